The van der Waals surface area contributed by atoms with Crippen molar-refractivity contribution in [3.63, 3.8) is 0 Å². The molecule has 2 saturated carbocycles. The van der Waals surface area contributed by atoms with Crippen molar-refractivity contribution >= 4 is 34.8 Å². The number of carbonyl (C=O) groups excluding carboxylic acids is 2. The number of hydrogen-bond acceptors (Lipinski definition) is 4. The van der Waals surface area contributed by atoms with Crippen LogP contribution in [0.3, 0.4) is 0 Å². The van der Waals surface area contributed by atoms with Crippen LogP contribution in [-0.4, -0.2) is 39.9 Å². The number of para-hydroxylation sites is 1. The van der Waals surface area contributed by atoms with Crippen molar-refractivity contribution in [2.24, 2.45) is 5.92 Å². The molecule has 2 aliphatic carbocycles. The molecular weight excluding hydrogens is 412 g/mol. The molecular formula is C24H26N2O4S. The minimum Gasteiger partial charge on any atom is -0.481 e. The molecule has 2 heterocycles. The number of fused-ring (bicyclic) bond motifs is 2. The predicted octanol–water partition coefficient (Wildman–Crippen LogP) is 4.47. The van der Waals surface area contributed by atoms with E-state index in [2.05, 4.69) is 0 Å². The van der Waals surface area contributed by atoms with Gasteiger partial charge in [-0.25, -0.2) is 0 Å². The number of nitrogens with zero attached hydrogens (tertiary/aromatic N) is 2. The summed E-state index contributed by atoms with van der Waals surface area (Å²) in [7, 11) is 0. The fourth-order valence-electron chi connectivity index (χ4n) is 5.44. The molecule has 1 aliphatic heterocycles. The molecule has 7 heteroatoms. The molecule has 0 spiro atoms. The molecule has 3 atom stereocenters. The summed E-state index contributed by atoms with van der Waals surface area (Å²) in [5.74, 6) is -0.811. The van der Waals surface area contributed by atoms with Gasteiger partial charge in [-0.15, -0.1) is 11.3 Å². The largest absolute Gasteiger partial charge is 0.481 e. The predicted molar refractivity (Wildman–Crippen MR) is 118 cm³/mol. The SMILES string of the molecule is O=C(O)CCC(=O)N(C1CC1)C1c2ccccc2N(C(=O)c2cccs2)C2CCCC21. The molecule has 31 heavy (non-hydrogen) atoms. The molecule has 0 bridgehead atoms. The van der Waals surface area contributed by atoms with E-state index in [-0.39, 0.29) is 48.7 Å². The van der Waals surface area contributed by atoms with Crippen LogP contribution in [0.5, 0.6) is 0 Å². The number of rotatable bonds is 6. The Hall–Kier alpha value is -2.67. The zero-order chi connectivity index (χ0) is 21.5. The average molecular weight is 439 g/mol. The fraction of sp³-hybridized carbons (Fsp3) is 0.458. The minimum atomic E-state index is -0.945. The highest BCUT2D eigenvalue weighted by atomic mass is 32.1. The summed E-state index contributed by atoms with van der Waals surface area (Å²) in [5.41, 5.74) is 1.91. The van der Waals surface area contributed by atoms with Crippen molar-refractivity contribution in [1.82, 2.24) is 4.90 Å². The van der Waals surface area contributed by atoms with Crippen molar-refractivity contribution in [2.75, 3.05) is 4.90 Å². The second kappa shape index (κ2) is 8.11. The van der Waals surface area contributed by atoms with E-state index in [0.29, 0.717) is 0 Å². The van der Waals surface area contributed by atoms with Gasteiger partial charge in [0.1, 0.15) is 0 Å². The molecule has 1 N–H and O–H groups in total. The van der Waals surface area contributed by atoms with E-state index >= 15 is 0 Å². The van der Waals surface area contributed by atoms with Gasteiger partial charge in [0.05, 0.1) is 17.3 Å². The Bertz CT molecular complexity index is 1000. The number of anilines is 1. The average Bonchev–Trinajstić information content (AvgIpc) is 3.24. The molecule has 6 nitrogen and oxygen atoms in total. The number of carboxylic acids is 1. The van der Waals surface area contributed by atoms with Gasteiger partial charge in [-0.2, -0.15) is 0 Å². The second-order valence-corrected chi connectivity index (χ2v) is 9.69. The first-order valence-electron chi connectivity index (χ1n) is 11.0. The lowest BCUT2D eigenvalue weighted by Crippen LogP contribution is -2.52. The molecule has 3 unspecified atom stereocenters. The topological polar surface area (TPSA) is 77.9 Å². The quantitative estimate of drug-likeness (QED) is 0.722. The van der Waals surface area contributed by atoms with Gasteiger partial charge in [-0.3, -0.25) is 14.4 Å². The van der Waals surface area contributed by atoms with Crippen molar-refractivity contribution in [3.8, 4) is 0 Å². The third-order valence-electron chi connectivity index (χ3n) is 6.82. The minimum absolute atomic E-state index is 0.0275. The Kier molecular flexibility index (Phi) is 5.30. The van der Waals surface area contributed by atoms with Crippen LogP contribution in [0.1, 0.15) is 66.2 Å². The van der Waals surface area contributed by atoms with Gasteiger partial charge in [-0.1, -0.05) is 30.7 Å². The Morgan fingerprint density at radius 2 is 1.84 bits per heavy atom. The zero-order valence-electron chi connectivity index (χ0n) is 17.3. The van der Waals surface area contributed by atoms with Crippen LogP contribution in [0.4, 0.5) is 5.69 Å². The summed E-state index contributed by atoms with van der Waals surface area (Å²) in [6.07, 6.45) is 4.73. The van der Waals surface area contributed by atoms with E-state index in [9.17, 15) is 14.4 Å². The lowest BCUT2D eigenvalue weighted by atomic mass is 9.81. The summed E-state index contributed by atoms with van der Waals surface area (Å²) in [4.78, 5) is 42.5. The first-order valence-corrected chi connectivity index (χ1v) is 11.9. The molecule has 2 aromatic rings. The summed E-state index contributed by atoms with van der Waals surface area (Å²) >= 11 is 1.46. The molecule has 3 aliphatic rings. The van der Waals surface area contributed by atoms with Crippen molar-refractivity contribution in [2.45, 2.75) is 63.1 Å². The molecule has 1 aromatic heterocycles. The van der Waals surface area contributed by atoms with E-state index in [0.717, 1.165) is 48.2 Å². The molecule has 2 fully saturated rings. The lowest BCUT2D eigenvalue weighted by molar-refractivity contribution is -0.142. The van der Waals surface area contributed by atoms with Gasteiger partial charge in [0, 0.05) is 30.1 Å². The highest BCUT2D eigenvalue weighted by molar-refractivity contribution is 7.12. The molecule has 162 valence electrons. The molecule has 0 radical (unpaired) electrons. The van der Waals surface area contributed by atoms with Crippen LogP contribution < -0.4 is 4.90 Å². The van der Waals surface area contributed by atoms with Crippen molar-refractivity contribution in [1.29, 1.82) is 0 Å². The number of benzene rings is 1. The highest BCUT2D eigenvalue weighted by Gasteiger charge is 2.51. The third-order valence-corrected chi connectivity index (χ3v) is 7.67. The number of carboxylic acid groups (broad SMARTS) is 1. The second-order valence-electron chi connectivity index (χ2n) is 8.74. The lowest BCUT2D eigenvalue weighted by Gasteiger charge is -2.47. The van der Waals surface area contributed by atoms with Gasteiger partial charge in [-0.05, 0) is 48.8 Å². The Morgan fingerprint density at radius 3 is 2.55 bits per heavy atom. The summed E-state index contributed by atoms with van der Waals surface area (Å²) in [5, 5.41) is 11.0. The summed E-state index contributed by atoms with van der Waals surface area (Å²) in [6, 6.07) is 11.9. The Morgan fingerprint density at radius 1 is 1.03 bits per heavy atom. The first kappa shape index (κ1) is 20.2. The molecule has 2 amide bonds. The smallest absolute Gasteiger partial charge is 0.303 e. The van der Waals surface area contributed by atoms with Crippen molar-refractivity contribution < 1.29 is 19.5 Å². The Balaban J connectivity index is 1.56. The normalized spacial score (nSPS) is 24.4. The molecule has 0 saturated heterocycles. The van der Waals surface area contributed by atoms with E-state index in [4.69, 9.17) is 5.11 Å². The number of hydrogen-bond donors (Lipinski definition) is 1. The monoisotopic (exact) mass is 438 g/mol. The Labute approximate surface area is 185 Å². The van der Waals surface area contributed by atoms with E-state index in [1.54, 1.807) is 0 Å². The molecule has 1 aromatic carbocycles. The van der Waals surface area contributed by atoms with Crippen LogP contribution in [0.15, 0.2) is 41.8 Å². The standard InChI is InChI=1S/C24H26N2O4S/c27-21(12-13-22(28)29)25(15-10-11-15)23-16-5-1-2-7-18(16)26(19-8-3-6-17(19)23)24(30)20-9-4-14-31-20/h1-2,4-5,7,9,14-15,17,19,23H,3,6,8,10-13H2,(H,28,29). The number of aliphatic carboxylic acids is 1. The maximum Gasteiger partial charge on any atom is 0.303 e. The number of carbonyl (C=O) groups is 3. The van der Waals surface area contributed by atoms with Crippen LogP contribution in [0, 0.1) is 5.92 Å². The first-order chi connectivity index (χ1) is 15.1. The maximum atomic E-state index is 13.5. The van der Waals surface area contributed by atoms with Gasteiger partial charge in [0.25, 0.3) is 5.91 Å². The van der Waals surface area contributed by atoms with Gasteiger partial charge in [0.2, 0.25) is 5.91 Å². The summed E-state index contributed by atoms with van der Waals surface area (Å²) in [6.45, 7) is 0. The van der Waals surface area contributed by atoms with Crippen LogP contribution in [-0.2, 0) is 9.59 Å². The molecule has 5 rings (SSSR count). The van der Waals surface area contributed by atoms with E-state index < -0.39 is 5.97 Å². The fourth-order valence-corrected chi connectivity index (χ4v) is 6.10. The number of thiophene rings is 1. The third kappa shape index (κ3) is 3.65. The zero-order valence-corrected chi connectivity index (χ0v) is 18.1. The van der Waals surface area contributed by atoms with Crippen LogP contribution >= 0.6 is 11.3 Å². The highest BCUT2D eigenvalue weighted by Crippen LogP contribution is 2.53. The summed E-state index contributed by atoms with van der Waals surface area (Å²) < 4.78 is 0. The van der Waals surface area contributed by atoms with Crippen molar-refractivity contribution in [3.05, 3.63) is 52.2 Å². The van der Waals surface area contributed by atoms with Gasteiger partial charge < -0.3 is 14.9 Å². The maximum absolute atomic E-state index is 13.5. The van der Waals surface area contributed by atoms with Gasteiger partial charge >= 0.3 is 5.97 Å². The van der Waals surface area contributed by atoms with Gasteiger partial charge in [0.15, 0.2) is 0 Å². The van der Waals surface area contributed by atoms with E-state index in [1.807, 2.05) is 51.6 Å². The van der Waals surface area contributed by atoms with Crippen LogP contribution in [0.25, 0.3) is 0 Å². The van der Waals surface area contributed by atoms with E-state index in [1.165, 1.54) is 11.3 Å². The number of amides is 2. The van der Waals surface area contributed by atoms with Crippen LogP contribution in [0.2, 0.25) is 0 Å².